The van der Waals surface area contributed by atoms with Crippen molar-refractivity contribution in [2.24, 2.45) is 4.99 Å². The number of rotatable bonds is 4. The summed E-state index contributed by atoms with van der Waals surface area (Å²) in [5.41, 5.74) is 1.32. The van der Waals surface area contributed by atoms with Crippen LogP contribution in [0.3, 0.4) is 0 Å². The van der Waals surface area contributed by atoms with Crippen molar-refractivity contribution >= 4 is 46.2 Å². The molecule has 0 amide bonds. The maximum Gasteiger partial charge on any atom is 0.188 e. The number of fused-ring (bicyclic) bond motifs is 1. The molecular formula is C15H11ClN8. The molecule has 118 valence electrons. The first-order valence-electron chi connectivity index (χ1n) is 7.05. The van der Waals surface area contributed by atoms with Gasteiger partial charge < -0.3 is 10.3 Å². The fourth-order valence-electron chi connectivity index (χ4n) is 2.21. The fourth-order valence-corrected chi connectivity index (χ4v) is 2.40. The SMILES string of the molecule is Clc1cccc(Nc2ncnc3n[nH]c(N=Cc4ncc[nH]4)c23)c1. The summed E-state index contributed by atoms with van der Waals surface area (Å²) in [6.45, 7) is 0. The van der Waals surface area contributed by atoms with E-state index in [1.807, 2.05) is 12.1 Å². The number of halogens is 1. The topological polar surface area (TPSA) is 108 Å². The van der Waals surface area contributed by atoms with Crippen molar-refractivity contribution in [3.05, 3.63) is 53.8 Å². The Morgan fingerprint density at radius 3 is 3.00 bits per heavy atom. The van der Waals surface area contributed by atoms with Gasteiger partial charge in [0.25, 0.3) is 0 Å². The van der Waals surface area contributed by atoms with Crippen LogP contribution in [0.1, 0.15) is 5.82 Å². The van der Waals surface area contributed by atoms with E-state index >= 15 is 0 Å². The molecule has 0 saturated heterocycles. The number of aromatic nitrogens is 6. The summed E-state index contributed by atoms with van der Waals surface area (Å²) in [4.78, 5) is 19.9. The van der Waals surface area contributed by atoms with Crippen molar-refractivity contribution in [3.63, 3.8) is 0 Å². The Morgan fingerprint density at radius 2 is 2.17 bits per heavy atom. The molecule has 4 rings (SSSR count). The number of aliphatic imine (C=N–C) groups is 1. The molecule has 0 bridgehead atoms. The fraction of sp³-hybridized carbons (Fsp3) is 0. The lowest BCUT2D eigenvalue weighted by Crippen LogP contribution is -1.95. The summed E-state index contributed by atoms with van der Waals surface area (Å²) in [7, 11) is 0. The molecular weight excluding hydrogens is 328 g/mol. The highest BCUT2D eigenvalue weighted by Gasteiger charge is 2.12. The molecule has 3 N–H and O–H groups in total. The van der Waals surface area contributed by atoms with Gasteiger partial charge in [0.15, 0.2) is 11.5 Å². The van der Waals surface area contributed by atoms with Gasteiger partial charge in [-0.15, -0.1) is 0 Å². The molecule has 3 aromatic heterocycles. The molecule has 0 unspecified atom stereocenters. The molecule has 0 aliphatic rings. The molecule has 0 spiro atoms. The summed E-state index contributed by atoms with van der Waals surface area (Å²) in [5, 5.41) is 11.5. The predicted octanol–water partition coefficient (Wildman–Crippen LogP) is 3.22. The normalized spacial score (nSPS) is 11.4. The highest BCUT2D eigenvalue weighted by Crippen LogP contribution is 2.30. The van der Waals surface area contributed by atoms with E-state index in [1.165, 1.54) is 6.33 Å². The molecule has 1 aromatic carbocycles. The van der Waals surface area contributed by atoms with Gasteiger partial charge in [-0.1, -0.05) is 17.7 Å². The molecule has 8 nitrogen and oxygen atoms in total. The van der Waals surface area contributed by atoms with Gasteiger partial charge in [-0.2, -0.15) is 5.10 Å². The zero-order valence-electron chi connectivity index (χ0n) is 12.2. The monoisotopic (exact) mass is 338 g/mol. The van der Waals surface area contributed by atoms with Crippen molar-refractivity contribution < 1.29 is 0 Å². The van der Waals surface area contributed by atoms with Gasteiger partial charge in [-0.25, -0.2) is 19.9 Å². The van der Waals surface area contributed by atoms with Crippen LogP contribution in [-0.2, 0) is 0 Å². The molecule has 0 fully saturated rings. The highest BCUT2D eigenvalue weighted by molar-refractivity contribution is 6.30. The number of benzene rings is 1. The van der Waals surface area contributed by atoms with Crippen molar-refractivity contribution in [3.8, 4) is 0 Å². The third-order valence-electron chi connectivity index (χ3n) is 3.25. The van der Waals surface area contributed by atoms with Crippen LogP contribution in [0.4, 0.5) is 17.3 Å². The van der Waals surface area contributed by atoms with E-state index in [4.69, 9.17) is 11.6 Å². The molecule has 24 heavy (non-hydrogen) atoms. The number of hydrogen-bond acceptors (Lipinski definition) is 6. The minimum atomic E-state index is 0.515. The van der Waals surface area contributed by atoms with Crippen LogP contribution in [0.2, 0.25) is 5.02 Å². The number of imidazole rings is 1. The van der Waals surface area contributed by atoms with E-state index in [2.05, 4.69) is 40.4 Å². The second-order valence-electron chi connectivity index (χ2n) is 4.86. The molecule has 0 aliphatic heterocycles. The summed E-state index contributed by atoms with van der Waals surface area (Å²) in [6, 6.07) is 7.36. The van der Waals surface area contributed by atoms with Gasteiger partial charge in [0.05, 0.1) is 6.21 Å². The highest BCUT2D eigenvalue weighted by atomic mass is 35.5. The van der Waals surface area contributed by atoms with Gasteiger partial charge in [-0.3, -0.25) is 5.10 Å². The number of anilines is 2. The van der Waals surface area contributed by atoms with Crippen molar-refractivity contribution in [2.75, 3.05) is 5.32 Å². The zero-order valence-corrected chi connectivity index (χ0v) is 13.0. The Bertz CT molecular complexity index is 1010. The van der Waals surface area contributed by atoms with E-state index in [0.29, 0.717) is 33.5 Å². The second-order valence-corrected chi connectivity index (χ2v) is 5.30. The van der Waals surface area contributed by atoms with E-state index in [1.54, 1.807) is 30.7 Å². The van der Waals surface area contributed by atoms with Crippen LogP contribution < -0.4 is 5.32 Å². The Kier molecular flexibility index (Phi) is 3.64. The maximum atomic E-state index is 6.02. The molecule has 0 aliphatic carbocycles. The van der Waals surface area contributed by atoms with Crippen LogP contribution >= 0.6 is 11.6 Å². The Morgan fingerprint density at radius 1 is 1.21 bits per heavy atom. The molecule has 0 atom stereocenters. The average molecular weight is 339 g/mol. The third-order valence-corrected chi connectivity index (χ3v) is 3.49. The van der Waals surface area contributed by atoms with Crippen LogP contribution in [0, 0.1) is 0 Å². The quantitative estimate of drug-likeness (QED) is 0.495. The summed E-state index contributed by atoms with van der Waals surface area (Å²) < 4.78 is 0. The van der Waals surface area contributed by atoms with Crippen LogP contribution in [-0.4, -0.2) is 36.3 Å². The summed E-state index contributed by atoms with van der Waals surface area (Å²) in [5.74, 6) is 1.76. The average Bonchev–Trinajstić information content (AvgIpc) is 3.23. The summed E-state index contributed by atoms with van der Waals surface area (Å²) in [6.07, 6.45) is 6.42. The minimum absolute atomic E-state index is 0.515. The van der Waals surface area contributed by atoms with E-state index in [0.717, 1.165) is 5.69 Å². The predicted molar refractivity (Wildman–Crippen MR) is 92.3 cm³/mol. The molecule has 3 heterocycles. The van der Waals surface area contributed by atoms with E-state index < -0.39 is 0 Å². The lowest BCUT2D eigenvalue weighted by molar-refractivity contribution is 1.08. The Hall–Kier alpha value is -3.26. The second kappa shape index (κ2) is 6.09. The van der Waals surface area contributed by atoms with Gasteiger partial charge >= 0.3 is 0 Å². The number of hydrogen-bond donors (Lipinski definition) is 3. The van der Waals surface area contributed by atoms with Crippen molar-refractivity contribution in [1.82, 2.24) is 30.1 Å². The third kappa shape index (κ3) is 2.82. The number of aromatic amines is 2. The number of H-pyrrole nitrogens is 2. The smallest absolute Gasteiger partial charge is 0.188 e. The zero-order chi connectivity index (χ0) is 16.4. The molecule has 0 radical (unpaired) electrons. The first-order valence-corrected chi connectivity index (χ1v) is 7.42. The molecule has 4 aromatic rings. The van der Waals surface area contributed by atoms with Gasteiger partial charge in [0.2, 0.25) is 0 Å². The maximum absolute atomic E-state index is 6.02. The first-order chi connectivity index (χ1) is 11.8. The van der Waals surface area contributed by atoms with E-state index in [-0.39, 0.29) is 0 Å². The number of nitrogens with one attached hydrogen (secondary N) is 3. The van der Waals surface area contributed by atoms with Crippen molar-refractivity contribution in [1.29, 1.82) is 0 Å². The molecule has 9 heteroatoms. The lowest BCUT2D eigenvalue weighted by Gasteiger charge is -2.06. The largest absolute Gasteiger partial charge is 0.344 e. The molecule has 0 saturated carbocycles. The first kappa shape index (κ1) is 14.3. The van der Waals surface area contributed by atoms with Gasteiger partial charge in [-0.05, 0) is 18.2 Å². The van der Waals surface area contributed by atoms with Gasteiger partial charge in [0, 0.05) is 23.1 Å². The lowest BCUT2D eigenvalue weighted by atomic mass is 10.3. The van der Waals surface area contributed by atoms with Gasteiger partial charge in [0.1, 0.15) is 23.4 Å². The van der Waals surface area contributed by atoms with E-state index in [9.17, 15) is 0 Å². The minimum Gasteiger partial charge on any atom is -0.344 e. The Labute approximate surface area is 141 Å². The number of nitrogens with zero attached hydrogens (tertiary/aromatic N) is 5. The standard InChI is InChI=1S/C15H11ClN8/c16-9-2-1-3-10(6-9)22-13-12-14(19-7-11-17-4-5-18-11)23-24-15(12)21-8-20-13/h1-8H,(H,17,18)(H2,20,21,22,23,24). The summed E-state index contributed by atoms with van der Waals surface area (Å²) >= 11 is 6.02. The van der Waals surface area contributed by atoms with Crippen LogP contribution in [0.15, 0.2) is 48.0 Å². The van der Waals surface area contributed by atoms with Crippen LogP contribution in [0.25, 0.3) is 11.0 Å². The van der Waals surface area contributed by atoms with Crippen LogP contribution in [0.5, 0.6) is 0 Å². The van der Waals surface area contributed by atoms with Crippen molar-refractivity contribution in [2.45, 2.75) is 0 Å². The Balaban J connectivity index is 1.74.